The van der Waals surface area contributed by atoms with Gasteiger partial charge in [-0.2, -0.15) is 0 Å². The normalized spacial score (nSPS) is 10.3. The predicted molar refractivity (Wildman–Crippen MR) is 85.8 cm³/mol. The zero-order valence-electron chi connectivity index (χ0n) is 10.9. The summed E-state index contributed by atoms with van der Waals surface area (Å²) in [4.78, 5) is 14.0. The molecule has 0 bridgehead atoms. The number of nitrogen functional groups attached to an aromatic ring is 1. The van der Waals surface area contributed by atoms with Crippen LogP contribution in [-0.2, 0) is 6.54 Å². The summed E-state index contributed by atoms with van der Waals surface area (Å²) in [6, 6.07) is 12.6. The molecule has 0 aliphatic carbocycles. The summed E-state index contributed by atoms with van der Waals surface area (Å²) in [5, 5.41) is 0.682. The number of carbonyl (C=O) groups is 1. The molecule has 0 aliphatic rings. The van der Waals surface area contributed by atoms with Crippen LogP contribution in [0.1, 0.15) is 15.9 Å². The summed E-state index contributed by atoms with van der Waals surface area (Å²) in [6.45, 7) is 0.511. The molecule has 0 aliphatic heterocycles. The Morgan fingerprint density at radius 1 is 1.25 bits per heavy atom. The van der Waals surface area contributed by atoms with Crippen molar-refractivity contribution >= 4 is 39.1 Å². The van der Waals surface area contributed by atoms with E-state index in [0.29, 0.717) is 22.8 Å². The molecule has 0 aromatic heterocycles. The van der Waals surface area contributed by atoms with Crippen LogP contribution in [0.15, 0.2) is 46.9 Å². The van der Waals surface area contributed by atoms with Gasteiger partial charge in [0.1, 0.15) is 0 Å². The third-order valence-electron chi connectivity index (χ3n) is 2.90. The minimum absolute atomic E-state index is 0.0841. The molecule has 0 heterocycles. The van der Waals surface area contributed by atoms with E-state index >= 15 is 0 Å². The van der Waals surface area contributed by atoms with Gasteiger partial charge in [0.15, 0.2) is 0 Å². The van der Waals surface area contributed by atoms with Gasteiger partial charge in [0.05, 0.1) is 5.56 Å². The second-order valence-corrected chi connectivity index (χ2v) is 5.82. The summed E-state index contributed by atoms with van der Waals surface area (Å²) < 4.78 is 0.736. The molecule has 0 fully saturated rings. The predicted octanol–water partition coefficient (Wildman–Crippen LogP) is 3.96. The highest BCUT2D eigenvalue weighted by atomic mass is 79.9. The maximum absolute atomic E-state index is 12.4. The number of anilines is 1. The highest BCUT2D eigenvalue weighted by Gasteiger charge is 2.15. The average molecular weight is 354 g/mol. The summed E-state index contributed by atoms with van der Waals surface area (Å²) in [7, 11) is 1.76. The third-order valence-corrected chi connectivity index (χ3v) is 3.84. The van der Waals surface area contributed by atoms with Crippen LogP contribution in [0, 0.1) is 0 Å². The molecule has 0 radical (unpaired) electrons. The van der Waals surface area contributed by atoms with E-state index in [2.05, 4.69) is 15.9 Å². The molecule has 2 N–H and O–H groups in total. The first kappa shape index (κ1) is 14.9. The number of halogens is 2. The lowest BCUT2D eigenvalue weighted by Gasteiger charge is -2.18. The average Bonchev–Trinajstić information content (AvgIpc) is 2.43. The Kier molecular flexibility index (Phi) is 4.68. The first-order chi connectivity index (χ1) is 9.47. The summed E-state index contributed by atoms with van der Waals surface area (Å²) >= 11 is 9.22. The summed E-state index contributed by atoms with van der Waals surface area (Å²) in [6.07, 6.45) is 0. The number of rotatable bonds is 3. The molecular weight excluding hydrogens is 340 g/mol. The number of nitrogens with two attached hydrogens (primary N) is 1. The van der Waals surface area contributed by atoms with Gasteiger partial charge in [-0.05, 0) is 51.8 Å². The summed E-state index contributed by atoms with van der Waals surface area (Å²) in [5.41, 5.74) is 7.87. The molecule has 2 rings (SSSR count). The molecule has 1 amide bonds. The fourth-order valence-corrected chi connectivity index (χ4v) is 2.39. The lowest BCUT2D eigenvalue weighted by atomic mass is 10.1. The van der Waals surface area contributed by atoms with E-state index in [0.717, 1.165) is 10.0 Å². The molecule has 0 saturated heterocycles. The molecule has 0 atom stereocenters. The fraction of sp³-hybridized carbons (Fsp3) is 0.133. The van der Waals surface area contributed by atoms with Crippen LogP contribution >= 0.6 is 27.5 Å². The van der Waals surface area contributed by atoms with E-state index in [1.165, 1.54) is 0 Å². The van der Waals surface area contributed by atoms with Crippen LogP contribution in [-0.4, -0.2) is 17.9 Å². The molecule has 3 nitrogen and oxygen atoms in total. The van der Waals surface area contributed by atoms with Crippen molar-refractivity contribution in [1.29, 1.82) is 0 Å². The van der Waals surface area contributed by atoms with E-state index in [9.17, 15) is 4.79 Å². The topological polar surface area (TPSA) is 46.3 Å². The van der Waals surface area contributed by atoms with Crippen molar-refractivity contribution in [3.8, 4) is 0 Å². The van der Waals surface area contributed by atoms with Crippen LogP contribution < -0.4 is 5.73 Å². The van der Waals surface area contributed by atoms with Gasteiger partial charge in [0.2, 0.25) is 0 Å². The van der Waals surface area contributed by atoms with E-state index in [4.69, 9.17) is 17.3 Å². The maximum Gasteiger partial charge on any atom is 0.255 e. The maximum atomic E-state index is 12.4. The number of nitrogens with zero attached hydrogens (tertiary/aromatic N) is 1. The van der Waals surface area contributed by atoms with Gasteiger partial charge in [-0.25, -0.2) is 0 Å². The van der Waals surface area contributed by atoms with Crippen LogP contribution in [0.5, 0.6) is 0 Å². The second-order valence-electron chi connectivity index (χ2n) is 4.53. The molecular formula is C15H14BrClN2O. The van der Waals surface area contributed by atoms with Gasteiger partial charge in [-0.1, -0.05) is 23.7 Å². The number of amides is 1. The number of carbonyl (C=O) groups excluding carboxylic acids is 1. The first-order valence-corrected chi connectivity index (χ1v) is 7.19. The molecule has 5 heteroatoms. The Bertz CT molecular complexity index is 628. The third kappa shape index (κ3) is 3.52. The van der Waals surface area contributed by atoms with Gasteiger partial charge >= 0.3 is 0 Å². The zero-order valence-corrected chi connectivity index (χ0v) is 13.3. The minimum Gasteiger partial charge on any atom is -0.399 e. The smallest absolute Gasteiger partial charge is 0.255 e. The molecule has 20 heavy (non-hydrogen) atoms. The Labute approximate surface area is 131 Å². The van der Waals surface area contributed by atoms with Crippen molar-refractivity contribution in [1.82, 2.24) is 4.90 Å². The highest BCUT2D eigenvalue weighted by molar-refractivity contribution is 9.10. The van der Waals surface area contributed by atoms with E-state index in [1.54, 1.807) is 30.1 Å². The lowest BCUT2D eigenvalue weighted by Crippen LogP contribution is -2.26. The summed E-state index contributed by atoms with van der Waals surface area (Å²) in [5.74, 6) is -0.0841. The van der Waals surface area contributed by atoms with Gasteiger partial charge in [-0.3, -0.25) is 4.79 Å². The zero-order chi connectivity index (χ0) is 14.7. The van der Waals surface area contributed by atoms with Crippen molar-refractivity contribution < 1.29 is 4.79 Å². The van der Waals surface area contributed by atoms with E-state index < -0.39 is 0 Å². The van der Waals surface area contributed by atoms with Crippen LogP contribution in [0.3, 0.4) is 0 Å². The minimum atomic E-state index is -0.0841. The number of benzene rings is 2. The fourth-order valence-electron chi connectivity index (χ4n) is 1.85. The van der Waals surface area contributed by atoms with Crippen LogP contribution in [0.2, 0.25) is 5.02 Å². The first-order valence-electron chi connectivity index (χ1n) is 6.02. The molecule has 104 valence electrons. The number of hydrogen-bond acceptors (Lipinski definition) is 2. The molecule has 2 aromatic rings. The highest BCUT2D eigenvalue weighted by Crippen LogP contribution is 2.21. The van der Waals surface area contributed by atoms with Crippen molar-refractivity contribution in [2.24, 2.45) is 0 Å². The SMILES string of the molecule is CN(Cc1ccc(Cl)cc1)C(=O)c1cc(N)ccc1Br. The quantitative estimate of drug-likeness (QED) is 0.849. The molecule has 0 spiro atoms. The Balaban J connectivity index is 2.16. The van der Waals surface area contributed by atoms with E-state index in [-0.39, 0.29) is 5.91 Å². The van der Waals surface area contributed by atoms with Crippen molar-refractivity contribution in [2.45, 2.75) is 6.54 Å². The van der Waals surface area contributed by atoms with Gasteiger partial charge in [0.25, 0.3) is 5.91 Å². The largest absolute Gasteiger partial charge is 0.399 e. The Morgan fingerprint density at radius 2 is 1.90 bits per heavy atom. The Morgan fingerprint density at radius 3 is 2.55 bits per heavy atom. The monoisotopic (exact) mass is 352 g/mol. The van der Waals surface area contributed by atoms with E-state index in [1.807, 2.05) is 24.3 Å². The van der Waals surface area contributed by atoms with Gasteiger partial charge < -0.3 is 10.6 Å². The lowest BCUT2D eigenvalue weighted by molar-refractivity contribution is 0.0784. The second kappa shape index (κ2) is 6.29. The van der Waals surface area contributed by atoms with Crippen LogP contribution in [0.25, 0.3) is 0 Å². The molecule has 2 aromatic carbocycles. The molecule has 0 unspecified atom stereocenters. The van der Waals surface area contributed by atoms with Crippen molar-refractivity contribution in [3.05, 3.63) is 63.1 Å². The standard InChI is InChI=1S/C15H14BrClN2O/c1-19(9-10-2-4-11(17)5-3-10)15(20)13-8-12(18)6-7-14(13)16/h2-8H,9,18H2,1H3. The Hall–Kier alpha value is -1.52. The number of hydrogen-bond donors (Lipinski definition) is 1. The van der Waals surface area contributed by atoms with Crippen molar-refractivity contribution in [2.75, 3.05) is 12.8 Å². The van der Waals surface area contributed by atoms with Crippen LogP contribution in [0.4, 0.5) is 5.69 Å². The van der Waals surface area contributed by atoms with Gasteiger partial charge in [0, 0.05) is 28.8 Å². The van der Waals surface area contributed by atoms with Crippen molar-refractivity contribution in [3.63, 3.8) is 0 Å². The molecule has 0 saturated carbocycles. The van der Waals surface area contributed by atoms with Gasteiger partial charge in [-0.15, -0.1) is 0 Å².